The van der Waals surface area contributed by atoms with Crippen molar-refractivity contribution < 1.29 is 14.5 Å². The lowest BCUT2D eigenvalue weighted by Crippen LogP contribution is -3.06. The van der Waals surface area contributed by atoms with E-state index in [0.29, 0.717) is 0 Å². The smallest absolute Gasteiger partial charge is 0.223 e. The molecule has 0 unspecified atom stereocenters. The summed E-state index contributed by atoms with van der Waals surface area (Å²) >= 11 is 0. The van der Waals surface area contributed by atoms with Gasteiger partial charge in [-0.25, -0.2) is 0 Å². The van der Waals surface area contributed by atoms with Gasteiger partial charge in [0.15, 0.2) is 0 Å². The first-order valence-corrected chi connectivity index (χ1v) is 8.91. The van der Waals surface area contributed by atoms with Crippen LogP contribution in [0, 0.1) is 0 Å². The number of likely N-dealkylation sites (N-methyl/N-ethyl adjacent to an activating group) is 1. The van der Waals surface area contributed by atoms with E-state index in [1.54, 1.807) is 0 Å². The van der Waals surface area contributed by atoms with Gasteiger partial charge in [0.1, 0.15) is 12.6 Å². The molecule has 26 heavy (non-hydrogen) atoms. The molecule has 0 spiro atoms. The van der Waals surface area contributed by atoms with E-state index in [1.807, 2.05) is 60.7 Å². The van der Waals surface area contributed by atoms with Crippen molar-refractivity contribution in [2.24, 2.45) is 0 Å². The average Bonchev–Trinajstić information content (AvgIpc) is 2.61. The molecule has 2 aromatic rings. The lowest BCUT2D eigenvalue weighted by atomic mass is 10.0. The normalized spacial score (nSPS) is 13.1. The van der Waals surface area contributed by atoms with Gasteiger partial charge in [-0.1, -0.05) is 60.7 Å². The van der Waals surface area contributed by atoms with Crippen LogP contribution >= 0.6 is 0 Å². The van der Waals surface area contributed by atoms with Crippen molar-refractivity contribution in [3.05, 3.63) is 71.8 Å². The Bertz CT molecular complexity index is 702. The lowest BCUT2D eigenvalue weighted by molar-refractivity contribution is -0.860. The van der Waals surface area contributed by atoms with Gasteiger partial charge in [-0.15, -0.1) is 0 Å². The Balaban J connectivity index is 2.10. The quantitative estimate of drug-likeness (QED) is 0.668. The Labute approximate surface area is 155 Å². The Hall–Kier alpha value is -2.66. The fourth-order valence-corrected chi connectivity index (χ4v) is 2.97. The van der Waals surface area contributed by atoms with Gasteiger partial charge in [0.05, 0.1) is 26.6 Å². The molecule has 0 aliphatic rings. The van der Waals surface area contributed by atoms with E-state index in [-0.39, 0.29) is 30.3 Å². The highest BCUT2D eigenvalue weighted by Gasteiger charge is 2.21. The summed E-state index contributed by atoms with van der Waals surface area (Å²) in [7, 11) is 4.12. The van der Waals surface area contributed by atoms with Crippen molar-refractivity contribution in [2.45, 2.75) is 25.4 Å². The van der Waals surface area contributed by atoms with Crippen LogP contribution in [0.5, 0.6) is 0 Å². The predicted molar refractivity (Wildman–Crippen MR) is 103 cm³/mol. The van der Waals surface area contributed by atoms with Crippen LogP contribution in [0.25, 0.3) is 0 Å². The minimum absolute atomic E-state index is 0.0672. The van der Waals surface area contributed by atoms with Crippen LogP contribution in [0.2, 0.25) is 0 Å². The van der Waals surface area contributed by atoms with Gasteiger partial charge in [-0.05, 0) is 11.1 Å². The summed E-state index contributed by atoms with van der Waals surface area (Å²) in [6, 6.07) is 19.1. The minimum Gasteiger partial charge on any atom is -0.349 e. The number of amides is 2. The number of carbonyl (C=O) groups is 2. The molecular weight excluding hydrogens is 326 g/mol. The number of rotatable bonds is 8. The van der Waals surface area contributed by atoms with E-state index >= 15 is 0 Å². The van der Waals surface area contributed by atoms with E-state index in [0.717, 1.165) is 17.7 Å². The van der Waals surface area contributed by atoms with Crippen molar-refractivity contribution in [3.63, 3.8) is 0 Å². The Kier molecular flexibility index (Phi) is 7.36. The van der Waals surface area contributed by atoms with Crippen molar-refractivity contribution in [3.8, 4) is 0 Å². The van der Waals surface area contributed by atoms with Crippen molar-refractivity contribution in [1.82, 2.24) is 10.6 Å². The Morgan fingerprint density at radius 2 is 1.35 bits per heavy atom. The van der Waals surface area contributed by atoms with Crippen molar-refractivity contribution >= 4 is 11.8 Å². The molecule has 5 nitrogen and oxygen atoms in total. The van der Waals surface area contributed by atoms with Crippen LogP contribution in [0.3, 0.4) is 0 Å². The van der Waals surface area contributed by atoms with Gasteiger partial charge in [0.25, 0.3) is 0 Å². The molecule has 0 heterocycles. The van der Waals surface area contributed by atoms with E-state index in [1.165, 1.54) is 11.8 Å². The number of nitrogens with one attached hydrogen (secondary N) is 3. The second kappa shape index (κ2) is 9.73. The maximum Gasteiger partial charge on any atom is 0.223 e. The second-order valence-electron chi connectivity index (χ2n) is 6.81. The highest BCUT2D eigenvalue weighted by molar-refractivity contribution is 5.79. The molecule has 0 saturated heterocycles. The SMILES string of the molecule is CC(=O)N[C@@H](CC(=O)N[C@H](C[NH+](C)C)c1ccccc1)c1ccccc1. The zero-order valence-electron chi connectivity index (χ0n) is 15.7. The predicted octanol–water partition coefficient (Wildman–Crippen LogP) is 1.26. The maximum atomic E-state index is 12.7. The minimum atomic E-state index is -0.336. The second-order valence-corrected chi connectivity index (χ2v) is 6.81. The molecule has 0 bridgehead atoms. The highest BCUT2D eigenvalue weighted by atomic mass is 16.2. The highest BCUT2D eigenvalue weighted by Crippen LogP contribution is 2.18. The number of hydrogen-bond donors (Lipinski definition) is 3. The first-order valence-electron chi connectivity index (χ1n) is 8.91. The topological polar surface area (TPSA) is 62.6 Å². The third kappa shape index (κ3) is 6.33. The molecule has 5 heteroatoms. The summed E-state index contributed by atoms with van der Waals surface area (Å²) < 4.78 is 0. The maximum absolute atomic E-state index is 12.7. The zero-order chi connectivity index (χ0) is 18.9. The third-order valence-corrected chi connectivity index (χ3v) is 4.12. The van der Waals surface area contributed by atoms with Gasteiger partial charge < -0.3 is 15.5 Å². The Morgan fingerprint density at radius 1 is 0.846 bits per heavy atom. The lowest BCUT2D eigenvalue weighted by Gasteiger charge is -2.23. The molecule has 2 atom stereocenters. The van der Waals surface area contributed by atoms with E-state index in [2.05, 4.69) is 24.7 Å². The first-order chi connectivity index (χ1) is 12.5. The average molecular weight is 354 g/mol. The molecule has 0 radical (unpaired) electrons. The van der Waals surface area contributed by atoms with E-state index < -0.39 is 0 Å². The number of quaternary nitrogens is 1. The van der Waals surface area contributed by atoms with Crippen molar-refractivity contribution in [2.75, 3.05) is 20.6 Å². The molecule has 0 fully saturated rings. The van der Waals surface area contributed by atoms with Crippen LogP contribution < -0.4 is 15.5 Å². The van der Waals surface area contributed by atoms with Crippen LogP contribution in [-0.2, 0) is 9.59 Å². The third-order valence-electron chi connectivity index (χ3n) is 4.12. The molecule has 0 aliphatic carbocycles. The fourth-order valence-electron chi connectivity index (χ4n) is 2.97. The number of benzene rings is 2. The van der Waals surface area contributed by atoms with Crippen LogP contribution in [0.1, 0.15) is 36.6 Å². The zero-order valence-corrected chi connectivity index (χ0v) is 15.7. The van der Waals surface area contributed by atoms with Crippen LogP contribution in [0.4, 0.5) is 0 Å². The monoisotopic (exact) mass is 354 g/mol. The number of hydrogen-bond acceptors (Lipinski definition) is 2. The molecule has 2 rings (SSSR count). The van der Waals surface area contributed by atoms with Crippen LogP contribution in [0.15, 0.2) is 60.7 Å². The molecule has 138 valence electrons. The molecule has 0 saturated carbocycles. The first kappa shape index (κ1) is 19.7. The fraction of sp³-hybridized carbons (Fsp3) is 0.333. The summed E-state index contributed by atoms with van der Waals surface area (Å²) in [4.78, 5) is 25.5. The van der Waals surface area contributed by atoms with Crippen molar-refractivity contribution in [1.29, 1.82) is 0 Å². The van der Waals surface area contributed by atoms with E-state index in [9.17, 15) is 9.59 Å². The van der Waals surface area contributed by atoms with Gasteiger partial charge in [-0.2, -0.15) is 0 Å². The summed E-state index contributed by atoms with van der Waals surface area (Å²) in [5.74, 6) is -0.230. The standard InChI is InChI=1S/C21H27N3O2/c1-16(25)22-19(17-10-6-4-7-11-17)14-21(26)23-20(15-24(2)3)18-12-8-5-9-13-18/h4-13,19-20H,14-15H2,1-3H3,(H,22,25)(H,23,26)/p+1/t19-,20+/m0/s1. The molecule has 3 N–H and O–H groups in total. The molecule has 0 aromatic heterocycles. The van der Waals surface area contributed by atoms with Crippen LogP contribution in [-0.4, -0.2) is 32.5 Å². The summed E-state index contributed by atoms with van der Waals surface area (Å²) in [6.07, 6.45) is 0.204. The molecule has 2 amide bonds. The molecular formula is C21H28N3O2+. The number of carbonyl (C=O) groups excluding carboxylic acids is 2. The van der Waals surface area contributed by atoms with Gasteiger partial charge in [0.2, 0.25) is 11.8 Å². The van der Waals surface area contributed by atoms with E-state index in [4.69, 9.17) is 0 Å². The summed E-state index contributed by atoms with van der Waals surface area (Å²) in [5, 5.41) is 6.00. The van der Waals surface area contributed by atoms with Gasteiger partial charge in [0, 0.05) is 6.92 Å². The van der Waals surface area contributed by atoms with Gasteiger partial charge in [-0.3, -0.25) is 9.59 Å². The van der Waals surface area contributed by atoms with Gasteiger partial charge >= 0.3 is 0 Å². The Morgan fingerprint density at radius 3 is 1.81 bits per heavy atom. The summed E-state index contributed by atoms with van der Waals surface area (Å²) in [6.45, 7) is 2.25. The summed E-state index contributed by atoms with van der Waals surface area (Å²) in [5.41, 5.74) is 2.00. The molecule has 2 aromatic carbocycles. The molecule has 0 aliphatic heterocycles. The largest absolute Gasteiger partial charge is 0.349 e.